The van der Waals surface area contributed by atoms with Crippen molar-refractivity contribution in [3.05, 3.63) is 41.5 Å². The highest BCUT2D eigenvalue weighted by Gasteiger charge is 2.17. The number of hydrogen-bond acceptors (Lipinski definition) is 5. The van der Waals surface area contributed by atoms with Gasteiger partial charge in [0.1, 0.15) is 0 Å². The van der Waals surface area contributed by atoms with Gasteiger partial charge in [0.2, 0.25) is 17.7 Å². The van der Waals surface area contributed by atoms with E-state index in [0.29, 0.717) is 37.4 Å². The van der Waals surface area contributed by atoms with Gasteiger partial charge in [-0.1, -0.05) is 31.1 Å². The highest BCUT2D eigenvalue weighted by atomic mass is 16.5. The van der Waals surface area contributed by atoms with Crippen molar-refractivity contribution in [2.24, 2.45) is 0 Å². The minimum atomic E-state index is -0.0514. The van der Waals surface area contributed by atoms with Gasteiger partial charge in [-0.2, -0.15) is 4.98 Å². The van der Waals surface area contributed by atoms with Gasteiger partial charge >= 0.3 is 0 Å². The second kappa shape index (κ2) is 9.48. The maximum atomic E-state index is 12.2. The Morgan fingerprint density at radius 2 is 1.89 bits per heavy atom. The molecule has 0 aliphatic carbocycles. The van der Waals surface area contributed by atoms with Crippen molar-refractivity contribution in [1.29, 1.82) is 0 Å². The van der Waals surface area contributed by atoms with E-state index in [1.807, 2.05) is 43.0 Å². The van der Waals surface area contributed by atoms with Crippen LogP contribution in [0.4, 0.5) is 5.69 Å². The molecule has 1 aromatic heterocycles. The second-order valence-corrected chi connectivity index (χ2v) is 7.56. The van der Waals surface area contributed by atoms with E-state index in [9.17, 15) is 9.59 Å². The molecule has 7 heteroatoms. The van der Waals surface area contributed by atoms with Crippen molar-refractivity contribution in [3.63, 3.8) is 0 Å². The maximum Gasteiger partial charge on any atom is 0.226 e. The van der Waals surface area contributed by atoms with Crippen molar-refractivity contribution < 1.29 is 14.1 Å². The molecule has 2 amide bonds. The fraction of sp³-hybridized carbons (Fsp3) is 0.524. The number of nitrogens with zero attached hydrogens (tertiary/aromatic N) is 3. The molecule has 150 valence electrons. The Bertz CT molecular complexity index is 792. The van der Waals surface area contributed by atoms with Crippen molar-refractivity contribution in [2.45, 2.75) is 58.3 Å². The van der Waals surface area contributed by atoms with Gasteiger partial charge in [0.25, 0.3) is 0 Å². The lowest BCUT2D eigenvalue weighted by Gasteiger charge is -2.15. The topological polar surface area (TPSA) is 88.3 Å². The van der Waals surface area contributed by atoms with Crippen molar-refractivity contribution in [2.75, 3.05) is 18.4 Å². The first kappa shape index (κ1) is 20.0. The molecule has 0 bridgehead atoms. The molecule has 3 rings (SSSR count). The minimum Gasteiger partial charge on any atom is -0.342 e. The van der Waals surface area contributed by atoms with Crippen LogP contribution >= 0.6 is 0 Å². The van der Waals surface area contributed by atoms with Gasteiger partial charge in [0, 0.05) is 37.5 Å². The predicted octanol–water partition coefficient (Wildman–Crippen LogP) is 3.32. The molecule has 1 fully saturated rings. The molecule has 0 atom stereocenters. The van der Waals surface area contributed by atoms with Gasteiger partial charge < -0.3 is 14.7 Å². The van der Waals surface area contributed by atoms with Crippen molar-refractivity contribution in [3.8, 4) is 0 Å². The molecule has 28 heavy (non-hydrogen) atoms. The lowest BCUT2D eigenvalue weighted by molar-refractivity contribution is -0.129. The van der Waals surface area contributed by atoms with E-state index < -0.39 is 0 Å². The highest BCUT2D eigenvalue weighted by molar-refractivity contribution is 5.90. The van der Waals surface area contributed by atoms with Crippen LogP contribution in [0.25, 0.3) is 0 Å². The lowest BCUT2D eigenvalue weighted by Crippen LogP contribution is -2.29. The average molecular weight is 384 g/mol. The fourth-order valence-corrected chi connectivity index (χ4v) is 3.19. The van der Waals surface area contributed by atoms with E-state index in [0.717, 1.165) is 37.2 Å². The van der Waals surface area contributed by atoms with Crippen LogP contribution in [0.5, 0.6) is 0 Å². The van der Waals surface area contributed by atoms with E-state index in [4.69, 9.17) is 4.52 Å². The Kier molecular flexibility index (Phi) is 6.79. The summed E-state index contributed by atoms with van der Waals surface area (Å²) in [4.78, 5) is 30.5. The van der Waals surface area contributed by atoms with Crippen LogP contribution in [-0.4, -0.2) is 39.9 Å². The van der Waals surface area contributed by atoms with E-state index in [-0.39, 0.29) is 17.7 Å². The van der Waals surface area contributed by atoms with Crippen molar-refractivity contribution >= 4 is 17.5 Å². The normalized spacial score (nSPS) is 13.9. The van der Waals surface area contributed by atoms with Crippen LogP contribution in [0, 0.1) is 0 Å². The summed E-state index contributed by atoms with van der Waals surface area (Å²) >= 11 is 0. The first-order valence-corrected chi connectivity index (χ1v) is 10.0. The molecule has 1 aliphatic rings. The largest absolute Gasteiger partial charge is 0.342 e. The van der Waals surface area contributed by atoms with E-state index in [1.54, 1.807) is 0 Å². The number of carbonyl (C=O) groups excluding carboxylic acids is 2. The number of carbonyl (C=O) groups is 2. The molecule has 0 saturated carbocycles. The molecule has 1 saturated heterocycles. The summed E-state index contributed by atoms with van der Waals surface area (Å²) in [5.41, 5.74) is 1.70. The summed E-state index contributed by atoms with van der Waals surface area (Å²) < 4.78 is 5.18. The van der Waals surface area contributed by atoms with Crippen LogP contribution in [0.1, 0.15) is 62.7 Å². The van der Waals surface area contributed by atoms with Crippen LogP contribution in [0.3, 0.4) is 0 Å². The third-order valence-corrected chi connectivity index (χ3v) is 4.85. The first-order valence-electron chi connectivity index (χ1n) is 10.0. The maximum absolute atomic E-state index is 12.2. The zero-order valence-electron chi connectivity index (χ0n) is 16.6. The highest BCUT2D eigenvalue weighted by Crippen LogP contribution is 2.15. The quantitative estimate of drug-likeness (QED) is 0.754. The molecule has 0 unspecified atom stereocenters. The number of aryl methyl sites for hydroxylation is 1. The van der Waals surface area contributed by atoms with E-state index >= 15 is 0 Å². The van der Waals surface area contributed by atoms with E-state index in [1.165, 1.54) is 0 Å². The Morgan fingerprint density at radius 3 is 2.54 bits per heavy atom. The summed E-state index contributed by atoms with van der Waals surface area (Å²) in [5.74, 6) is 1.63. The van der Waals surface area contributed by atoms with Crippen LogP contribution in [0.15, 0.2) is 28.8 Å². The number of aromatic nitrogens is 2. The van der Waals surface area contributed by atoms with Gasteiger partial charge in [-0.05, 0) is 37.0 Å². The molecule has 1 aliphatic heterocycles. The van der Waals surface area contributed by atoms with E-state index in [2.05, 4.69) is 15.5 Å². The summed E-state index contributed by atoms with van der Waals surface area (Å²) in [6, 6.07) is 7.49. The van der Waals surface area contributed by atoms with Crippen molar-refractivity contribution in [1.82, 2.24) is 15.0 Å². The Morgan fingerprint density at radius 1 is 1.18 bits per heavy atom. The van der Waals surface area contributed by atoms with Gasteiger partial charge in [0.05, 0.1) is 6.42 Å². The zero-order chi connectivity index (χ0) is 19.9. The zero-order valence-corrected chi connectivity index (χ0v) is 16.6. The minimum absolute atomic E-state index is 0.0514. The number of rotatable bonds is 8. The lowest BCUT2D eigenvalue weighted by atomic mass is 10.1. The molecule has 1 aromatic carbocycles. The van der Waals surface area contributed by atoms with Gasteiger partial charge in [0.15, 0.2) is 5.82 Å². The smallest absolute Gasteiger partial charge is 0.226 e. The van der Waals surface area contributed by atoms with Gasteiger partial charge in [-0.15, -0.1) is 0 Å². The number of nitrogens with one attached hydrogen (secondary N) is 1. The molecular formula is C21H28N4O3. The number of likely N-dealkylation sites (tertiary alicyclic amines) is 1. The summed E-state index contributed by atoms with van der Waals surface area (Å²) in [6.45, 7) is 5.76. The third-order valence-electron chi connectivity index (χ3n) is 4.85. The first-order chi connectivity index (χ1) is 13.5. The molecule has 0 spiro atoms. The van der Waals surface area contributed by atoms with Crippen LogP contribution in [-0.2, 0) is 22.4 Å². The number of hydrogen-bond donors (Lipinski definition) is 1. The molecule has 2 aromatic rings. The molecule has 0 radical (unpaired) electrons. The molecule has 7 nitrogen and oxygen atoms in total. The molecule has 1 N–H and O–H groups in total. The average Bonchev–Trinajstić information content (AvgIpc) is 3.35. The summed E-state index contributed by atoms with van der Waals surface area (Å²) in [5, 5.41) is 6.81. The predicted molar refractivity (Wildman–Crippen MR) is 106 cm³/mol. The summed E-state index contributed by atoms with van der Waals surface area (Å²) in [6.07, 6.45) is 4.23. The van der Waals surface area contributed by atoms with Gasteiger partial charge in [-0.25, -0.2) is 0 Å². The number of amides is 2. The molecular weight excluding hydrogens is 356 g/mol. The third kappa shape index (κ3) is 5.65. The molecule has 2 heterocycles. The Labute approximate surface area is 165 Å². The number of anilines is 1. The van der Waals surface area contributed by atoms with Crippen LogP contribution < -0.4 is 5.32 Å². The fourth-order valence-electron chi connectivity index (χ4n) is 3.19. The Balaban J connectivity index is 1.40. The second-order valence-electron chi connectivity index (χ2n) is 7.56. The SMILES string of the molecule is CC(C)c1noc(CCCC(=O)Nc2ccc(CC(=O)N3CCCC3)cc2)n1. The Hall–Kier alpha value is -2.70. The van der Waals surface area contributed by atoms with Crippen LogP contribution in [0.2, 0.25) is 0 Å². The summed E-state index contributed by atoms with van der Waals surface area (Å²) in [7, 11) is 0. The number of benzene rings is 1. The van der Waals surface area contributed by atoms with Gasteiger partial charge in [-0.3, -0.25) is 9.59 Å². The standard InChI is InChI=1S/C21H28N4O3/c1-15(2)21-23-19(28-24-21)7-5-6-18(26)22-17-10-8-16(9-11-17)14-20(27)25-12-3-4-13-25/h8-11,15H,3-7,12-14H2,1-2H3,(H,22,26). The monoisotopic (exact) mass is 384 g/mol.